The molecule has 1 heterocycles. The van der Waals surface area contributed by atoms with Gasteiger partial charge in [0.05, 0.1) is 6.26 Å². The number of rotatable bonds is 2. The van der Waals surface area contributed by atoms with Crippen molar-refractivity contribution < 1.29 is 9.52 Å². The second kappa shape index (κ2) is 5.12. The van der Waals surface area contributed by atoms with Crippen LogP contribution in [0.2, 0.25) is 0 Å². The van der Waals surface area contributed by atoms with Crippen LogP contribution in [0.4, 0.5) is 0 Å². The van der Waals surface area contributed by atoms with Gasteiger partial charge >= 0.3 is 0 Å². The molecule has 0 aliphatic rings. The van der Waals surface area contributed by atoms with Crippen LogP contribution in [0.5, 0.6) is 0 Å². The number of hydrogen-bond acceptors (Lipinski definition) is 2. The molecule has 1 unspecified atom stereocenters. The van der Waals surface area contributed by atoms with Crippen LogP contribution in [0.25, 0.3) is 10.8 Å². The van der Waals surface area contributed by atoms with Crippen molar-refractivity contribution in [3.05, 3.63) is 69.0 Å². The third-order valence-corrected chi connectivity index (χ3v) is 4.48. The summed E-state index contributed by atoms with van der Waals surface area (Å²) >= 11 is 6.84. The van der Waals surface area contributed by atoms with Crippen molar-refractivity contribution in [3.8, 4) is 0 Å². The van der Waals surface area contributed by atoms with Gasteiger partial charge < -0.3 is 9.52 Å². The van der Waals surface area contributed by atoms with Gasteiger partial charge in [0.1, 0.15) is 6.10 Å². The Morgan fingerprint density at radius 3 is 2.32 bits per heavy atom. The highest BCUT2D eigenvalue weighted by molar-refractivity contribution is 9.10. The van der Waals surface area contributed by atoms with E-state index in [1.54, 1.807) is 12.3 Å². The van der Waals surface area contributed by atoms with E-state index in [1.807, 2.05) is 36.4 Å². The highest BCUT2D eigenvalue weighted by Gasteiger charge is 2.18. The first kappa shape index (κ1) is 12.9. The molecule has 0 spiro atoms. The third-order valence-electron chi connectivity index (χ3n) is 3.14. The molecule has 1 aromatic heterocycles. The first-order chi connectivity index (χ1) is 9.18. The van der Waals surface area contributed by atoms with Crippen LogP contribution in [-0.2, 0) is 0 Å². The van der Waals surface area contributed by atoms with Crippen LogP contribution < -0.4 is 0 Å². The lowest BCUT2D eigenvalue weighted by Gasteiger charge is -2.13. The molecule has 0 saturated heterocycles. The highest BCUT2D eigenvalue weighted by Crippen LogP contribution is 2.35. The molecule has 0 saturated carbocycles. The number of aliphatic hydroxyl groups is 1. The monoisotopic (exact) mass is 380 g/mol. The summed E-state index contributed by atoms with van der Waals surface area (Å²) in [4.78, 5) is 0. The molecule has 0 aliphatic carbocycles. The Kier molecular flexibility index (Phi) is 3.48. The molecule has 3 aromatic rings. The van der Waals surface area contributed by atoms with Crippen molar-refractivity contribution in [1.29, 1.82) is 0 Å². The van der Waals surface area contributed by atoms with E-state index in [0.717, 1.165) is 26.4 Å². The summed E-state index contributed by atoms with van der Waals surface area (Å²) in [5.74, 6) is 0. The molecule has 1 N–H and O–H groups in total. The maximum atomic E-state index is 10.5. The highest BCUT2D eigenvalue weighted by atomic mass is 79.9. The van der Waals surface area contributed by atoms with E-state index in [0.29, 0.717) is 4.67 Å². The van der Waals surface area contributed by atoms with Gasteiger partial charge in [-0.25, -0.2) is 0 Å². The van der Waals surface area contributed by atoms with E-state index in [4.69, 9.17) is 4.42 Å². The van der Waals surface area contributed by atoms with Crippen molar-refractivity contribution in [2.45, 2.75) is 6.10 Å². The minimum Gasteiger partial charge on any atom is -0.457 e. The first-order valence-electron chi connectivity index (χ1n) is 5.76. The van der Waals surface area contributed by atoms with Gasteiger partial charge in [0.2, 0.25) is 0 Å². The second-order valence-corrected chi connectivity index (χ2v) is 5.81. The predicted octanol–water partition coefficient (Wildman–Crippen LogP) is 5.04. The van der Waals surface area contributed by atoms with E-state index in [9.17, 15) is 5.11 Å². The Labute approximate surface area is 127 Å². The zero-order chi connectivity index (χ0) is 13.4. The Morgan fingerprint density at radius 2 is 1.63 bits per heavy atom. The molecule has 2 nitrogen and oxygen atoms in total. The van der Waals surface area contributed by atoms with Crippen molar-refractivity contribution in [2.75, 3.05) is 0 Å². The van der Waals surface area contributed by atoms with E-state index in [-0.39, 0.29) is 0 Å². The van der Waals surface area contributed by atoms with Gasteiger partial charge in [0.15, 0.2) is 4.67 Å². The third kappa shape index (κ3) is 2.24. The summed E-state index contributed by atoms with van der Waals surface area (Å²) in [6.45, 7) is 0. The zero-order valence-corrected chi connectivity index (χ0v) is 13.0. The summed E-state index contributed by atoms with van der Waals surface area (Å²) in [6.07, 6.45) is 0.843. The smallest absolute Gasteiger partial charge is 0.175 e. The molecule has 3 rings (SSSR count). The quantitative estimate of drug-likeness (QED) is 0.674. The summed E-state index contributed by atoms with van der Waals surface area (Å²) < 4.78 is 6.77. The molecule has 2 aromatic carbocycles. The van der Waals surface area contributed by atoms with Crippen LogP contribution in [0.3, 0.4) is 0 Å². The van der Waals surface area contributed by atoms with Gasteiger partial charge in [-0.05, 0) is 44.4 Å². The Morgan fingerprint density at radius 1 is 0.895 bits per heavy atom. The van der Waals surface area contributed by atoms with E-state index < -0.39 is 6.10 Å². The standard InChI is InChI=1S/C15H10Br2O2/c16-13-6-5-11(9-3-1-2-4-10(9)13)14(18)12-7-8-19-15(12)17/h1-8,14,18H. The molecule has 4 heteroatoms. The predicted molar refractivity (Wildman–Crippen MR) is 82.1 cm³/mol. The van der Waals surface area contributed by atoms with Gasteiger partial charge in [-0.15, -0.1) is 0 Å². The number of aliphatic hydroxyl groups excluding tert-OH is 1. The molecular weight excluding hydrogens is 372 g/mol. The Balaban J connectivity index is 2.21. The lowest BCUT2D eigenvalue weighted by molar-refractivity contribution is 0.219. The van der Waals surface area contributed by atoms with Gasteiger partial charge in [-0.2, -0.15) is 0 Å². The molecule has 1 atom stereocenters. The van der Waals surface area contributed by atoms with Gasteiger partial charge in [-0.1, -0.05) is 46.3 Å². The molecular formula is C15H10Br2O2. The van der Waals surface area contributed by atoms with Crippen LogP contribution in [0.1, 0.15) is 17.2 Å². The number of halogens is 2. The largest absolute Gasteiger partial charge is 0.457 e. The second-order valence-electron chi connectivity index (χ2n) is 4.23. The summed E-state index contributed by atoms with van der Waals surface area (Å²) in [7, 11) is 0. The van der Waals surface area contributed by atoms with E-state index in [2.05, 4.69) is 31.9 Å². The number of fused-ring (bicyclic) bond motifs is 1. The number of furan rings is 1. The Bertz CT molecular complexity index is 734. The first-order valence-corrected chi connectivity index (χ1v) is 7.35. The lowest BCUT2D eigenvalue weighted by atomic mass is 9.97. The minimum absolute atomic E-state index is 0.562. The number of hydrogen-bond donors (Lipinski definition) is 1. The molecule has 0 radical (unpaired) electrons. The van der Waals surface area contributed by atoms with Crippen LogP contribution in [-0.4, -0.2) is 5.11 Å². The van der Waals surface area contributed by atoms with Crippen molar-refractivity contribution in [1.82, 2.24) is 0 Å². The summed E-state index contributed by atoms with van der Waals surface area (Å²) in [6, 6.07) is 13.6. The lowest BCUT2D eigenvalue weighted by Crippen LogP contribution is -2.00. The van der Waals surface area contributed by atoms with Crippen molar-refractivity contribution in [3.63, 3.8) is 0 Å². The topological polar surface area (TPSA) is 33.4 Å². The fourth-order valence-corrected chi connectivity index (χ4v) is 3.13. The minimum atomic E-state index is -0.717. The molecule has 0 amide bonds. The average Bonchev–Trinajstić information content (AvgIpc) is 2.85. The van der Waals surface area contributed by atoms with Crippen LogP contribution >= 0.6 is 31.9 Å². The fraction of sp³-hybridized carbons (Fsp3) is 0.0667. The molecule has 96 valence electrons. The molecule has 0 fully saturated rings. The number of benzene rings is 2. The van der Waals surface area contributed by atoms with E-state index >= 15 is 0 Å². The normalized spacial score (nSPS) is 12.8. The van der Waals surface area contributed by atoms with E-state index in [1.165, 1.54) is 0 Å². The molecule has 0 bridgehead atoms. The zero-order valence-electron chi connectivity index (χ0n) is 9.81. The summed E-state index contributed by atoms with van der Waals surface area (Å²) in [5, 5.41) is 12.7. The molecule has 0 aliphatic heterocycles. The fourth-order valence-electron chi connectivity index (χ4n) is 2.19. The average molecular weight is 382 g/mol. The summed E-state index contributed by atoms with van der Waals surface area (Å²) in [5.41, 5.74) is 1.59. The van der Waals surface area contributed by atoms with Gasteiger partial charge in [0, 0.05) is 10.0 Å². The van der Waals surface area contributed by atoms with Gasteiger partial charge in [0.25, 0.3) is 0 Å². The van der Waals surface area contributed by atoms with Crippen molar-refractivity contribution >= 4 is 42.6 Å². The maximum absolute atomic E-state index is 10.5. The SMILES string of the molecule is OC(c1ccoc1Br)c1ccc(Br)c2ccccc12. The van der Waals surface area contributed by atoms with Crippen LogP contribution in [0, 0.1) is 0 Å². The van der Waals surface area contributed by atoms with Gasteiger partial charge in [-0.3, -0.25) is 0 Å². The maximum Gasteiger partial charge on any atom is 0.175 e. The molecule has 19 heavy (non-hydrogen) atoms. The Hall–Kier alpha value is -1.10. The van der Waals surface area contributed by atoms with Crippen LogP contribution in [0.15, 0.2) is 62.3 Å². The van der Waals surface area contributed by atoms with Crippen molar-refractivity contribution in [2.24, 2.45) is 0 Å².